The van der Waals surface area contributed by atoms with Gasteiger partial charge in [0.2, 0.25) is 0 Å². The summed E-state index contributed by atoms with van der Waals surface area (Å²) in [5, 5.41) is 0. The van der Waals surface area contributed by atoms with Crippen molar-refractivity contribution in [2.45, 2.75) is 0 Å². The molecule has 0 radical (unpaired) electrons. The van der Waals surface area contributed by atoms with E-state index in [9.17, 15) is 14.4 Å². The zero-order valence-corrected chi connectivity index (χ0v) is 14.4. The van der Waals surface area contributed by atoms with Crippen LogP contribution in [0, 0.1) is 0 Å². The first-order valence-electron chi connectivity index (χ1n) is 7.50. The molecular formula is C18H18O9. The van der Waals surface area contributed by atoms with E-state index in [0.29, 0.717) is 0 Å². The molecule has 27 heavy (non-hydrogen) atoms. The molecule has 0 heterocycles. The minimum Gasteiger partial charge on any atom is -0.430 e. The number of hydrogen-bond acceptors (Lipinski definition) is 9. The number of carbonyl (C=O) groups excluding carboxylic acids is 3. The van der Waals surface area contributed by atoms with Gasteiger partial charge in [-0.25, -0.2) is 14.4 Å². The minimum absolute atomic E-state index is 0.0693. The van der Waals surface area contributed by atoms with E-state index >= 15 is 0 Å². The monoisotopic (exact) mass is 378 g/mol. The summed E-state index contributed by atoms with van der Waals surface area (Å²) in [4.78, 5) is 34.6. The van der Waals surface area contributed by atoms with Crippen molar-refractivity contribution in [1.82, 2.24) is 0 Å². The molecule has 0 aromatic heterocycles. The number of ether oxygens (including phenoxy) is 6. The minimum atomic E-state index is -1.04. The molecule has 0 saturated carbocycles. The zero-order valence-electron chi connectivity index (χ0n) is 14.4. The highest BCUT2D eigenvalue weighted by atomic mass is 16.7. The molecule has 1 aromatic rings. The highest BCUT2D eigenvalue weighted by Crippen LogP contribution is 2.29. The Hall–Kier alpha value is -3.75. The van der Waals surface area contributed by atoms with Crippen LogP contribution < -0.4 is 14.2 Å². The Morgan fingerprint density at radius 2 is 0.889 bits per heavy atom. The van der Waals surface area contributed by atoms with Gasteiger partial charge in [0, 0.05) is 18.2 Å². The summed E-state index contributed by atoms with van der Waals surface area (Å²) < 4.78 is 28.8. The van der Waals surface area contributed by atoms with Gasteiger partial charge in [0.05, 0.1) is 0 Å². The van der Waals surface area contributed by atoms with Gasteiger partial charge in [0.15, 0.2) is 0 Å². The van der Waals surface area contributed by atoms with Gasteiger partial charge in [-0.1, -0.05) is 38.0 Å². The van der Waals surface area contributed by atoms with Gasteiger partial charge in [-0.3, -0.25) is 0 Å². The van der Waals surface area contributed by atoms with Crippen molar-refractivity contribution in [2.75, 3.05) is 19.8 Å². The average molecular weight is 378 g/mol. The average Bonchev–Trinajstić information content (AvgIpc) is 2.62. The molecule has 0 fully saturated rings. The molecule has 1 aromatic carbocycles. The summed E-state index contributed by atoms with van der Waals surface area (Å²) in [7, 11) is 0. The molecule has 144 valence electrons. The molecule has 0 aliphatic rings. The first-order valence-corrected chi connectivity index (χ1v) is 7.50. The molecule has 0 atom stereocenters. The molecule has 0 aliphatic heterocycles. The van der Waals surface area contributed by atoms with Crippen LogP contribution in [0.1, 0.15) is 0 Å². The first-order chi connectivity index (χ1) is 13.0. The largest absolute Gasteiger partial charge is 0.514 e. The number of rotatable bonds is 9. The Balaban J connectivity index is 2.95. The van der Waals surface area contributed by atoms with Crippen LogP contribution in [0.5, 0.6) is 17.2 Å². The second-order valence-electron chi connectivity index (χ2n) is 4.50. The molecule has 0 unspecified atom stereocenters. The standard InChI is InChI=1S/C18H18O9/c1-4-7-22-16(19)25-13-10-14(26-17(20)23-8-5-2)12-15(11-13)27-18(21)24-9-6-3/h4-6,10-12H,1-3,7-9H2. The smallest absolute Gasteiger partial charge is 0.430 e. The lowest BCUT2D eigenvalue weighted by Crippen LogP contribution is -2.14. The van der Waals surface area contributed by atoms with E-state index in [1.54, 1.807) is 0 Å². The third-order valence-corrected chi connectivity index (χ3v) is 2.41. The van der Waals surface area contributed by atoms with Gasteiger partial charge < -0.3 is 28.4 Å². The highest BCUT2D eigenvalue weighted by molar-refractivity contribution is 5.69. The lowest BCUT2D eigenvalue weighted by Gasteiger charge is -2.10. The van der Waals surface area contributed by atoms with Crippen molar-refractivity contribution >= 4 is 18.5 Å². The molecule has 0 aliphatic carbocycles. The van der Waals surface area contributed by atoms with Crippen molar-refractivity contribution < 1.29 is 42.8 Å². The van der Waals surface area contributed by atoms with Gasteiger partial charge in [-0.15, -0.1) is 0 Å². The van der Waals surface area contributed by atoms with Gasteiger partial charge in [-0.2, -0.15) is 0 Å². The molecular weight excluding hydrogens is 360 g/mol. The Bertz CT molecular complexity index is 601. The van der Waals surface area contributed by atoms with Crippen molar-refractivity contribution in [3.05, 3.63) is 56.2 Å². The number of hydrogen-bond donors (Lipinski definition) is 0. The third kappa shape index (κ3) is 8.77. The second kappa shape index (κ2) is 11.7. The molecule has 0 N–H and O–H groups in total. The number of carbonyl (C=O) groups is 3. The van der Waals surface area contributed by atoms with Crippen LogP contribution in [-0.4, -0.2) is 38.3 Å². The highest BCUT2D eigenvalue weighted by Gasteiger charge is 2.15. The van der Waals surface area contributed by atoms with E-state index < -0.39 is 18.5 Å². The Morgan fingerprint density at radius 3 is 1.11 bits per heavy atom. The van der Waals surface area contributed by atoms with E-state index in [1.807, 2.05) is 0 Å². The maximum atomic E-state index is 11.5. The van der Waals surface area contributed by atoms with Crippen molar-refractivity contribution in [2.24, 2.45) is 0 Å². The van der Waals surface area contributed by atoms with Gasteiger partial charge >= 0.3 is 18.5 Å². The van der Waals surface area contributed by atoms with Crippen LogP contribution in [-0.2, 0) is 14.2 Å². The van der Waals surface area contributed by atoms with E-state index in [2.05, 4.69) is 33.9 Å². The van der Waals surface area contributed by atoms with Gasteiger partial charge in [0.1, 0.15) is 37.1 Å². The third-order valence-electron chi connectivity index (χ3n) is 2.41. The van der Waals surface area contributed by atoms with Crippen LogP contribution >= 0.6 is 0 Å². The molecule has 0 spiro atoms. The fraction of sp³-hybridized carbons (Fsp3) is 0.167. The van der Waals surface area contributed by atoms with Crippen LogP contribution in [0.3, 0.4) is 0 Å². The maximum absolute atomic E-state index is 11.5. The Labute approximate surface area is 155 Å². The SMILES string of the molecule is C=CCOC(=O)Oc1cc(OC(=O)OCC=C)cc(OC(=O)OCC=C)c1. The van der Waals surface area contributed by atoms with Crippen molar-refractivity contribution in [3.8, 4) is 17.2 Å². The van der Waals surface area contributed by atoms with E-state index in [0.717, 1.165) is 0 Å². The fourth-order valence-corrected chi connectivity index (χ4v) is 1.48. The molecule has 0 amide bonds. The molecule has 0 saturated heterocycles. The summed E-state index contributed by atoms with van der Waals surface area (Å²) in [6.45, 7) is 9.97. The molecule has 1 rings (SSSR count). The van der Waals surface area contributed by atoms with E-state index in [1.165, 1.54) is 36.4 Å². The van der Waals surface area contributed by atoms with Gasteiger partial charge in [-0.05, 0) is 0 Å². The topological polar surface area (TPSA) is 107 Å². The van der Waals surface area contributed by atoms with Crippen molar-refractivity contribution in [1.29, 1.82) is 0 Å². The number of benzene rings is 1. The van der Waals surface area contributed by atoms with E-state index in [-0.39, 0.29) is 37.1 Å². The first kappa shape index (κ1) is 21.3. The van der Waals surface area contributed by atoms with E-state index in [4.69, 9.17) is 14.2 Å². The maximum Gasteiger partial charge on any atom is 0.514 e. The lowest BCUT2D eigenvalue weighted by atomic mass is 10.3. The summed E-state index contributed by atoms with van der Waals surface area (Å²) in [5.74, 6) is -0.362. The van der Waals surface area contributed by atoms with Crippen LogP contribution in [0.25, 0.3) is 0 Å². The second-order valence-corrected chi connectivity index (χ2v) is 4.50. The molecule has 9 nitrogen and oxygen atoms in total. The summed E-state index contributed by atoms with van der Waals surface area (Å²) >= 11 is 0. The normalized spacial score (nSPS) is 9.33. The van der Waals surface area contributed by atoms with Gasteiger partial charge in [0.25, 0.3) is 0 Å². The lowest BCUT2D eigenvalue weighted by molar-refractivity contribution is 0.106. The fourth-order valence-electron chi connectivity index (χ4n) is 1.48. The predicted molar refractivity (Wildman–Crippen MR) is 93.0 cm³/mol. The van der Waals surface area contributed by atoms with Crippen molar-refractivity contribution in [3.63, 3.8) is 0 Å². The molecule has 0 bridgehead atoms. The van der Waals surface area contributed by atoms with Crippen LogP contribution in [0.4, 0.5) is 14.4 Å². The summed E-state index contributed by atoms with van der Waals surface area (Å²) in [6.07, 6.45) is 0.922. The predicted octanol–water partition coefficient (Wildman–Crippen LogP) is 3.79. The zero-order chi connectivity index (χ0) is 20.1. The van der Waals surface area contributed by atoms with Crippen LogP contribution in [0.15, 0.2) is 56.2 Å². The quantitative estimate of drug-likeness (QED) is 0.274. The Kier molecular flexibility index (Phi) is 9.26. The summed E-state index contributed by atoms with van der Waals surface area (Å²) in [6, 6.07) is 3.56. The summed E-state index contributed by atoms with van der Waals surface area (Å²) in [5.41, 5.74) is 0. The van der Waals surface area contributed by atoms with Crippen LogP contribution in [0.2, 0.25) is 0 Å². The Morgan fingerprint density at radius 1 is 0.630 bits per heavy atom. The molecule has 9 heteroatoms.